The standard InChI is InChI=1S/C22H30N4O2/c1-4-12-26-21(27)10-9-19(24-26)22(28)23-14-20(16(2)3)25-13-11-17-7-5-6-8-18(17)15-25/h5-10,16,20H,4,11-15H2,1-3H3,(H,23,28). The summed E-state index contributed by atoms with van der Waals surface area (Å²) in [5.41, 5.74) is 2.91. The maximum Gasteiger partial charge on any atom is 0.271 e. The van der Waals surface area contributed by atoms with Crippen molar-refractivity contribution in [2.75, 3.05) is 13.1 Å². The number of fused-ring (bicyclic) bond motifs is 1. The number of hydrogen-bond acceptors (Lipinski definition) is 4. The molecule has 0 fully saturated rings. The predicted octanol–water partition coefficient (Wildman–Crippen LogP) is 2.47. The number of amides is 1. The van der Waals surface area contributed by atoms with Crippen LogP contribution in [0.25, 0.3) is 0 Å². The molecule has 6 heteroatoms. The number of rotatable bonds is 7. The van der Waals surface area contributed by atoms with Gasteiger partial charge in [-0.3, -0.25) is 14.5 Å². The molecule has 2 aromatic rings. The molecule has 150 valence electrons. The van der Waals surface area contributed by atoms with Crippen LogP contribution in [0.5, 0.6) is 0 Å². The van der Waals surface area contributed by atoms with E-state index in [-0.39, 0.29) is 17.5 Å². The van der Waals surface area contributed by atoms with Gasteiger partial charge in [-0.05, 0) is 36.0 Å². The summed E-state index contributed by atoms with van der Waals surface area (Å²) in [5, 5.41) is 7.24. The molecule has 28 heavy (non-hydrogen) atoms. The van der Waals surface area contributed by atoms with Crippen molar-refractivity contribution in [2.45, 2.75) is 52.7 Å². The van der Waals surface area contributed by atoms with Crippen LogP contribution in [-0.2, 0) is 19.5 Å². The van der Waals surface area contributed by atoms with E-state index in [0.29, 0.717) is 24.7 Å². The minimum atomic E-state index is -0.229. The van der Waals surface area contributed by atoms with Crippen LogP contribution in [0.3, 0.4) is 0 Å². The number of aryl methyl sites for hydroxylation is 1. The first-order valence-electron chi connectivity index (χ1n) is 10.2. The normalized spacial score (nSPS) is 15.3. The fourth-order valence-corrected chi connectivity index (χ4v) is 3.82. The SMILES string of the molecule is CCCn1nc(C(=O)NCC(C(C)C)N2CCc3ccccc3C2)ccc1=O. The van der Waals surface area contributed by atoms with E-state index in [1.807, 2.05) is 6.92 Å². The Balaban J connectivity index is 1.66. The van der Waals surface area contributed by atoms with Crippen molar-refractivity contribution in [3.63, 3.8) is 0 Å². The first-order valence-corrected chi connectivity index (χ1v) is 10.2. The van der Waals surface area contributed by atoms with E-state index in [2.05, 4.69) is 53.4 Å². The van der Waals surface area contributed by atoms with Crippen LogP contribution >= 0.6 is 0 Å². The van der Waals surface area contributed by atoms with Crippen LogP contribution in [-0.4, -0.2) is 39.7 Å². The van der Waals surface area contributed by atoms with E-state index in [0.717, 1.165) is 25.9 Å². The Bertz CT molecular complexity index is 875. The summed E-state index contributed by atoms with van der Waals surface area (Å²) in [6.45, 7) is 9.35. The van der Waals surface area contributed by atoms with Crippen LogP contribution in [0.4, 0.5) is 0 Å². The molecule has 1 aliphatic rings. The van der Waals surface area contributed by atoms with Gasteiger partial charge in [0.15, 0.2) is 0 Å². The first kappa shape index (κ1) is 20.3. The number of benzene rings is 1. The Morgan fingerprint density at radius 1 is 1.18 bits per heavy atom. The Morgan fingerprint density at radius 3 is 2.64 bits per heavy atom. The van der Waals surface area contributed by atoms with Gasteiger partial charge in [-0.2, -0.15) is 5.10 Å². The lowest BCUT2D eigenvalue weighted by molar-refractivity contribution is 0.0897. The van der Waals surface area contributed by atoms with Crippen molar-refractivity contribution >= 4 is 5.91 Å². The summed E-state index contributed by atoms with van der Waals surface area (Å²) in [4.78, 5) is 26.9. The van der Waals surface area contributed by atoms with Gasteiger partial charge < -0.3 is 5.32 Å². The minimum Gasteiger partial charge on any atom is -0.349 e. The maximum absolute atomic E-state index is 12.6. The first-order chi connectivity index (χ1) is 13.5. The molecule has 6 nitrogen and oxygen atoms in total. The third-order valence-electron chi connectivity index (χ3n) is 5.41. The van der Waals surface area contributed by atoms with Crippen molar-refractivity contribution < 1.29 is 4.79 Å². The number of carbonyl (C=O) groups is 1. The maximum atomic E-state index is 12.6. The average molecular weight is 383 g/mol. The molecule has 1 aliphatic heterocycles. The number of aromatic nitrogens is 2. The molecule has 1 unspecified atom stereocenters. The molecule has 0 aliphatic carbocycles. The fraction of sp³-hybridized carbons (Fsp3) is 0.500. The monoisotopic (exact) mass is 382 g/mol. The fourth-order valence-electron chi connectivity index (χ4n) is 3.82. The molecule has 0 bridgehead atoms. The van der Waals surface area contributed by atoms with E-state index in [1.165, 1.54) is 27.9 Å². The van der Waals surface area contributed by atoms with E-state index in [4.69, 9.17) is 0 Å². The van der Waals surface area contributed by atoms with Crippen molar-refractivity contribution in [1.82, 2.24) is 20.0 Å². The molecular formula is C22H30N4O2. The van der Waals surface area contributed by atoms with Crippen LogP contribution in [0.2, 0.25) is 0 Å². The van der Waals surface area contributed by atoms with Gasteiger partial charge in [0.1, 0.15) is 5.69 Å². The summed E-state index contributed by atoms with van der Waals surface area (Å²) in [7, 11) is 0. The second-order valence-corrected chi connectivity index (χ2v) is 7.79. The van der Waals surface area contributed by atoms with Crippen LogP contribution in [0, 0.1) is 5.92 Å². The molecule has 0 saturated heterocycles. The van der Waals surface area contributed by atoms with Gasteiger partial charge in [0.25, 0.3) is 11.5 Å². The lowest BCUT2D eigenvalue weighted by Crippen LogP contribution is -2.48. The lowest BCUT2D eigenvalue weighted by atomic mass is 9.95. The molecular weight excluding hydrogens is 352 g/mol. The molecule has 1 aromatic carbocycles. The molecule has 1 amide bonds. The average Bonchev–Trinajstić information content (AvgIpc) is 2.69. The van der Waals surface area contributed by atoms with Gasteiger partial charge in [-0.25, -0.2) is 4.68 Å². The van der Waals surface area contributed by atoms with Crippen LogP contribution in [0.1, 0.15) is 48.8 Å². The Hall–Kier alpha value is -2.47. The molecule has 3 rings (SSSR count). The third kappa shape index (κ3) is 4.68. The van der Waals surface area contributed by atoms with E-state index < -0.39 is 0 Å². The summed E-state index contributed by atoms with van der Waals surface area (Å²) >= 11 is 0. The number of nitrogens with zero attached hydrogens (tertiary/aromatic N) is 3. The lowest BCUT2D eigenvalue weighted by Gasteiger charge is -2.38. The molecule has 0 saturated carbocycles. The quantitative estimate of drug-likeness (QED) is 0.799. The second-order valence-electron chi connectivity index (χ2n) is 7.79. The minimum absolute atomic E-state index is 0.176. The van der Waals surface area contributed by atoms with E-state index >= 15 is 0 Å². The highest BCUT2D eigenvalue weighted by Crippen LogP contribution is 2.22. The Labute approximate surface area is 166 Å². The van der Waals surface area contributed by atoms with Gasteiger partial charge in [0, 0.05) is 38.3 Å². The smallest absolute Gasteiger partial charge is 0.271 e. The van der Waals surface area contributed by atoms with Crippen molar-refractivity contribution in [2.24, 2.45) is 5.92 Å². The Kier molecular flexibility index (Phi) is 6.62. The second kappa shape index (κ2) is 9.15. The van der Waals surface area contributed by atoms with Crippen LogP contribution < -0.4 is 10.9 Å². The molecule has 0 radical (unpaired) electrons. The zero-order chi connectivity index (χ0) is 20.1. The van der Waals surface area contributed by atoms with Gasteiger partial charge in [0.05, 0.1) is 0 Å². The third-order valence-corrected chi connectivity index (χ3v) is 5.41. The zero-order valence-corrected chi connectivity index (χ0v) is 17.0. The number of carbonyl (C=O) groups excluding carboxylic acids is 1. The highest BCUT2D eigenvalue weighted by molar-refractivity contribution is 5.92. The van der Waals surface area contributed by atoms with Gasteiger partial charge in [-0.1, -0.05) is 45.0 Å². The Morgan fingerprint density at radius 2 is 1.93 bits per heavy atom. The summed E-state index contributed by atoms with van der Waals surface area (Å²) in [6, 6.07) is 11.8. The van der Waals surface area contributed by atoms with Crippen LogP contribution in [0.15, 0.2) is 41.2 Å². The van der Waals surface area contributed by atoms with Gasteiger partial charge in [0.2, 0.25) is 0 Å². The largest absolute Gasteiger partial charge is 0.349 e. The van der Waals surface area contributed by atoms with E-state index in [1.54, 1.807) is 0 Å². The number of hydrogen-bond donors (Lipinski definition) is 1. The van der Waals surface area contributed by atoms with Crippen molar-refractivity contribution in [3.05, 3.63) is 63.6 Å². The topological polar surface area (TPSA) is 67.2 Å². The highest BCUT2D eigenvalue weighted by Gasteiger charge is 2.26. The molecule has 0 spiro atoms. The highest BCUT2D eigenvalue weighted by atomic mass is 16.2. The summed E-state index contributed by atoms with van der Waals surface area (Å²) in [6.07, 6.45) is 1.83. The molecule has 2 heterocycles. The molecule has 1 aromatic heterocycles. The van der Waals surface area contributed by atoms with Crippen molar-refractivity contribution in [1.29, 1.82) is 0 Å². The van der Waals surface area contributed by atoms with E-state index in [9.17, 15) is 9.59 Å². The zero-order valence-electron chi connectivity index (χ0n) is 17.0. The van der Waals surface area contributed by atoms with Gasteiger partial charge in [-0.15, -0.1) is 0 Å². The number of nitrogens with one attached hydrogen (secondary N) is 1. The molecule has 1 N–H and O–H groups in total. The predicted molar refractivity (Wildman–Crippen MR) is 110 cm³/mol. The summed E-state index contributed by atoms with van der Waals surface area (Å²) < 4.78 is 1.36. The summed E-state index contributed by atoms with van der Waals surface area (Å²) in [5.74, 6) is 0.181. The van der Waals surface area contributed by atoms with Gasteiger partial charge >= 0.3 is 0 Å². The van der Waals surface area contributed by atoms with Crippen molar-refractivity contribution in [3.8, 4) is 0 Å². The molecule has 1 atom stereocenters.